The van der Waals surface area contributed by atoms with Crippen molar-refractivity contribution in [3.63, 3.8) is 0 Å². The van der Waals surface area contributed by atoms with E-state index in [4.69, 9.17) is 12.1 Å². The van der Waals surface area contributed by atoms with E-state index in [0.717, 1.165) is 6.42 Å². The lowest BCUT2D eigenvalue weighted by atomic mass is 10.3. The number of hydrogen-bond donors (Lipinski definition) is 2. The molecule has 21 heavy (non-hydrogen) atoms. The molecule has 0 saturated carbocycles. The van der Waals surface area contributed by atoms with Crippen LogP contribution in [-0.4, -0.2) is 80.6 Å². The van der Waals surface area contributed by atoms with Gasteiger partial charge in [-0.1, -0.05) is 6.92 Å². The first-order chi connectivity index (χ1) is 9.95. The molecule has 0 heterocycles. The fourth-order valence-electron chi connectivity index (χ4n) is 2.02. The number of quaternary nitrogens is 1. The highest BCUT2D eigenvalue weighted by Crippen LogP contribution is 2.43. The maximum Gasteiger partial charge on any atom is 0.327 e. The molecule has 7 nitrogen and oxygen atoms in total. The molecular weight excluding hydrogens is 412 g/mol. The van der Waals surface area contributed by atoms with Crippen LogP contribution in [0, 0.1) is 0 Å². The van der Waals surface area contributed by atoms with Crippen molar-refractivity contribution in [3.05, 3.63) is 0 Å². The predicted molar refractivity (Wildman–Crippen MR) is 89.6 cm³/mol. The molecule has 9 heteroatoms. The fourth-order valence-corrected chi connectivity index (χ4v) is 3.22. The van der Waals surface area contributed by atoms with Crippen LogP contribution in [0.2, 0.25) is 0 Å². The van der Waals surface area contributed by atoms with E-state index in [-0.39, 0.29) is 19.8 Å². The average Bonchev–Trinajstić information content (AvgIpc) is 2.43. The van der Waals surface area contributed by atoms with E-state index < -0.39 is 7.60 Å². The number of hydrogen-bond acceptors (Lipinski definition) is 6. The Balaban J connectivity index is 4.47. The van der Waals surface area contributed by atoms with Gasteiger partial charge in [-0.25, -0.2) is 0 Å². The van der Waals surface area contributed by atoms with E-state index in [0.29, 0.717) is 43.9 Å². The Morgan fingerprint density at radius 1 is 1.00 bits per heavy atom. The lowest BCUT2D eigenvalue weighted by Gasteiger charge is -2.37. The van der Waals surface area contributed by atoms with E-state index in [1.54, 1.807) is 0 Å². The number of halogens is 1. The van der Waals surface area contributed by atoms with Crippen LogP contribution >= 0.6 is 30.6 Å². The summed E-state index contributed by atoms with van der Waals surface area (Å²) in [6, 6.07) is 0. The molecule has 0 aromatic rings. The molecule has 0 saturated heterocycles. The standard InChI is InChI=1S/C12H28INO6P/c1-3-10-19-21(2,17)20-12-7-14(4-8-15,5-9-16)6-11-18-13/h15-16H,3-12H2,1-2H3/q+1. The molecule has 0 spiro atoms. The monoisotopic (exact) mass is 440 g/mol. The van der Waals surface area contributed by atoms with Crippen molar-refractivity contribution >= 4 is 30.6 Å². The molecule has 0 aromatic heterocycles. The summed E-state index contributed by atoms with van der Waals surface area (Å²) < 4.78 is 28.1. The molecule has 0 fully saturated rings. The van der Waals surface area contributed by atoms with E-state index >= 15 is 0 Å². The van der Waals surface area contributed by atoms with Crippen molar-refractivity contribution in [1.29, 1.82) is 0 Å². The third-order valence-electron chi connectivity index (χ3n) is 3.21. The van der Waals surface area contributed by atoms with E-state index in [1.165, 1.54) is 6.66 Å². The van der Waals surface area contributed by atoms with Crippen molar-refractivity contribution in [2.45, 2.75) is 13.3 Å². The summed E-state index contributed by atoms with van der Waals surface area (Å²) in [5, 5.41) is 18.5. The molecule has 0 rings (SSSR count). The summed E-state index contributed by atoms with van der Waals surface area (Å²) in [5.41, 5.74) is 0. The second kappa shape index (κ2) is 12.2. The molecule has 0 aromatic carbocycles. The van der Waals surface area contributed by atoms with Gasteiger partial charge in [0.2, 0.25) is 0 Å². The van der Waals surface area contributed by atoms with Crippen molar-refractivity contribution in [2.24, 2.45) is 0 Å². The van der Waals surface area contributed by atoms with Crippen LogP contribution in [0.1, 0.15) is 13.3 Å². The summed E-state index contributed by atoms with van der Waals surface area (Å²) in [5.74, 6) is 0. The van der Waals surface area contributed by atoms with E-state index in [9.17, 15) is 14.8 Å². The first-order valence-corrected chi connectivity index (χ1v) is 9.99. The lowest BCUT2D eigenvalue weighted by molar-refractivity contribution is -0.928. The SMILES string of the molecule is CCCOP(C)(=O)OCC[N+](CCO)(CCO)CCOI. The molecule has 0 aliphatic carbocycles. The van der Waals surface area contributed by atoms with E-state index in [2.05, 4.69) is 0 Å². The molecule has 0 radical (unpaired) electrons. The van der Waals surface area contributed by atoms with Crippen molar-refractivity contribution in [2.75, 3.05) is 65.9 Å². The summed E-state index contributed by atoms with van der Waals surface area (Å²) in [7, 11) is -3.03. The highest BCUT2D eigenvalue weighted by molar-refractivity contribution is 14.1. The maximum absolute atomic E-state index is 12.0. The Bertz CT molecular complexity index is 301. The smallest absolute Gasteiger partial charge is 0.327 e. The zero-order valence-electron chi connectivity index (χ0n) is 12.9. The highest BCUT2D eigenvalue weighted by atomic mass is 127. The van der Waals surface area contributed by atoms with Crippen molar-refractivity contribution in [1.82, 2.24) is 0 Å². The predicted octanol–water partition coefficient (Wildman–Crippen LogP) is 1.42. The van der Waals surface area contributed by atoms with Gasteiger partial charge in [-0.05, 0) is 6.42 Å². The van der Waals surface area contributed by atoms with E-state index in [1.807, 2.05) is 29.9 Å². The number of rotatable bonds is 14. The zero-order chi connectivity index (χ0) is 16.2. The summed E-state index contributed by atoms with van der Waals surface area (Å²) in [4.78, 5) is 0. The van der Waals surface area contributed by atoms with Crippen LogP contribution in [0.25, 0.3) is 0 Å². The summed E-state index contributed by atoms with van der Waals surface area (Å²) >= 11 is 1.82. The Morgan fingerprint density at radius 3 is 2.00 bits per heavy atom. The second-order valence-electron chi connectivity index (χ2n) is 4.93. The number of aliphatic hydroxyl groups excluding tert-OH is 2. The Labute approximate surface area is 141 Å². The molecule has 1 unspecified atom stereocenters. The molecular formula is C12H28INO6P+. The fraction of sp³-hybridized carbons (Fsp3) is 1.00. The highest BCUT2D eigenvalue weighted by Gasteiger charge is 2.28. The Morgan fingerprint density at radius 2 is 1.52 bits per heavy atom. The van der Waals surface area contributed by atoms with Gasteiger partial charge in [0, 0.05) is 6.66 Å². The quantitative estimate of drug-likeness (QED) is 0.242. The van der Waals surface area contributed by atoms with Crippen LogP contribution in [-0.2, 0) is 16.7 Å². The largest absolute Gasteiger partial charge is 0.391 e. The van der Waals surface area contributed by atoms with Crippen molar-refractivity contribution < 1.29 is 31.4 Å². The molecule has 0 aliphatic rings. The molecule has 0 amide bonds. The van der Waals surface area contributed by atoms with Crippen LogP contribution in [0.3, 0.4) is 0 Å². The molecule has 128 valence electrons. The second-order valence-corrected chi connectivity index (χ2v) is 7.62. The summed E-state index contributed by atoms with van der Waals surface area (Å²) in [6.45, 7) is 6.76. The van der Waals surface area contributed by atoms with Crippen LogP contribution in [0.15, 0.2) is 0 Å². The third kappa shape index (κ3) is 10.2. The van der Waals surface area contributed by atoms with Gasteiger partial charge in [-0.15, -0.1) is 0 Å². The minimum Gasteiger partial charge on any atom is -0.391 e. The Kier molecular flexibility index (Phi) is 12.6. The zero-order valence-corrected chi connectivity index (χ0v) is 15.9. The third-order valence-corrected chi connectivity index (χ3v) is 4.96. The molecule has 0 bridgehead atoms. The van der Waals surface area contributed by atoms with Crippen molar-refractivity contribution in [3.8, 4) is 0 Å². The van der Waals surface area contributed by atoms with Crippen LogP contribution in [0.4, 0.5) is 0 Å². The first-order valence-electron chi connectivity index (χ1n) is 7.12. The first kappa shape index (κ1) is 21.7. The summed E-state index contributed by atoms with van der Waals surface area (Å²) in [6.07, 6.45) is 0.781. The van der Waals surface area contributed by atoms with Gasteiger partial charge < -0.3 is 26.8 Å². The van der Waals surface area contributed by atoms with Gasteiger partial charge in [-0.2, -0.15) is 0 Å². The molecule has 2 N–H and O–H groups in total. The van der Waals surface area contributed by atoms with Gasteiger partial charge in [0.15, 0.2) is 0 Å². The average molecular weight is 440 g/mol. The van der Waals surface area contributed by atoms with Gasteiger partial charge >= 0.3 is 7.60 Å². The molecule has 0 aliphatic heterocycles. The van der Waals surface area contributed by atoms with Gasteiger partial charge in [0.05, 0.1) is 19.8 Å². The lowest BCUT2D eigenvalue weighted by Crippen LogP contribution is -2.55. The normalized spacial score (nSPS) is 15.1. The molecule has 1 atom stereocenters. The van der Waals surface area contributed by atoms with Crippen LogP contribution in [0.5, 0.6) is 0 Å². The van der Waals surface area contributed by atoms with Gasteiger partial charge in [-0.3, -0.25) is 4.57 Å². The Hall–Kier alpha value is 0.720. The number of nitrogens with zero attached hydrogens (tertiary/aromatic N) is 1. The topological polar surface area (TPSA) is 85.2 Å². The van der Waals surface area contributed by atoms with Crippen LogP contribution < -0.4 is 0 Å². The minimum absolute atomic E-state index is 0.0113. The maximum atomic E-state index is 12.0. The van der Waals surface area contributed by atoms with Gasteiger partial charge in [0.1, 0.15) is 62.4 Å². The minimum atomic E-state index is -3.03. The number of aliphatic hydroxyl groups is 2. The van der Waals surface area contributed by atoms with Gasteiger partial charge in [0.25, 0.3) is 0 Å².